The second-order valence-electron chi connectivity index (χ2n) is 6.79. The molecular weight excluding hydrogens is 278 g/mol. The molecule has 0 bridgehead atoms. The maximum atomic E-state index is 9.60. The number of ether oxygens (including phenoxy) is 2. The lowest BCUT2D eigenvalue weighted by molar-refractivity contribution is -0.135. The fraction of sp³-hybridized carbons (Fsp3) is 0.667. The normalized spacial score (nSPS) is 23.0. The molecule has 2 aliphatic rings. The molecule has 3 rings (SSSR count). The molecule has 1 atom stereocenters. The number of benzene rings is 1. The summed E-state index contributed by atoms with van der Waals surface area (Å²) in [4.78, 5) is 0. The first kappa shape index (κ1) is 15.9. The van der Waals surface area contributed by atoms with Gasteiger partial charge in [-0.3, -0.25) is 0 Å². The van der Waals surface area contributed by atoms with E-state index in [0.29, 0.717) is 25.2 Å². The largest absolute Gasteiger partial charge is 0.396 e. The van der Waals surface area contributed by atoms with Gasteiger partial charge in [-0.2, -0.15) is 0 Å². The zero-order valence-corrected chi connectivity index (χ0v) is 13.2. The zero-order chi connectivity index (χ0) is 15.3. The molecule has 22 heavy (non-hydrogen) atoms. The molecule has 1 unspecified atom stereocenters. The molecule has 2 fully saturated rings. The molecule has 0 spiro atoms. The van der Waals surface area contributed by atoms with Crippen LogP contribution in [0.15, 0.2) is 30.3 Å². The lowest BCUT2D eigenvalue weighted by Crippen LogP contribution is -2.52. The molecule has 0 aliphatic carbocycles. The molecule has 2 N–H and O–H groups in total. The van der Waals surface area contributed by atoms with Crippen LogP contribution >= 0.6 is 0 Å². The number of hydrogen-bond donors (Lipinski definition) is 2. The zero-order valence-electron chi connectivity index (χ0n) is 13.2. The number of aliphatic hydroxyl groups excluding tert-OH is 1. The summed E-state index contributed by atoms with van der Waals surface area (Å²) >= 11 is 0. The van der Waals surface area contributed by atoms with Crippen molar-refractivity contribution in [3.8, 4) is 0 Å². The highest BCUT2D eigenvalue weighted by Crippen LogP contribution is 2.30. The summed E-state index contributed by atoms with van der Waals surface area (Å²) in [5, 5.41) is 13.3. The standard InChI is InChI=1S/C18H27NO3/c20-12-18(13-22-14-18)11-19-17(16-4-2-1-3-5-16)10-15-6-8-21-9-7-15/h1-5,15,17,19-20H,6-14H2. The minimum atomic E-state index is -0.0806. The first-order chi connectivity index (χ1) is 10.8. The van der Waals surface area contributed by atoms with Gasteiger partial charge in [0.25, 0.3) is 0 Å². The summed E-state index contributed by atoms with van der Waals surface area (Å²) in [6.45, 7) is 4.11. The molecule has 2 aliphatic heterocycles. The van der Waals surface area contributed by atoms with E-state index in [0.717, 1.165) is 39.0 Å². The minimum absolute atomic E-state index is 0.0806. The van der Waals surface area contributed by atoms with Gasteiger partial charge in [-0.25, -0.2) is 0 Å². The Morgan fingerprint density at radius 3 is 2.45 bits per heavy atom. The van der Waals surface area contributed by atoms with Crippen molar-refractivity contribution in [3.63, 3.8) is 0 Å². The SMILES string of the molecule is OCC1(CNC(CC2CCOCC2)c2ccccc2)COC1. The number of rotatable bonds is 7. The van der Waals surface area contributed by atoms with Crippen molar-refractivity contribution in [2.45, 2.75) is 25.3 Å². The van der Waals surface area contributed by atoms with Gasteiger partial charge in [0.1, 0.15) is 0 Å². The maximum absolute atomic E-state index is 9.60. The molecule has 122 valence electrons. The molecule has 4 heteroatoms. The Bertz CT molecular complexity index is 435. The highest BCUT2D eigenvalue weighted by atomic mass is 16.5. The van der Waals surface area contributed by atoms with Crippen molar-refractivity contribution in [3.05, 3.63) is 35.9 Å². The van der Waals surface area contributed by atoms with Crippen molar-refractivity contribution >= 4 is 0 Å². The van der Waals surface area contributed by atoms with Gasteiger partial charge in [0.2, 0.25) is 0 Å². The van der Waals surface area contributed by atoms with Gasteiger partial charge >= 0.3 is 0 Å². The van der Waals surface area contributed by atoms with Crippen LogP contribution in [-0.2, 0) is 9.47 Å². The van der Waals surface area contributed by atoms with E-state index in [1.807, 2.05) is 0 Å². The fourth-order valence-corrected chi connectivity index (χ4v) is 3.32. The summed E-state index contributed by atoms with van der Waals surface area (Å²) in [6.07, 6.45) is 3.44. The molecule has 2 heterocycles. The second kappa shape index (κ2) is 7.55. The van der Waals surface area contributed by atoms with E-state index in [-0.39, 0.29) is 12.0 Å². The van der Waals surface area contributed by atoms with Crippen LogP contribution in [0.4, 0.5) is 0 Å². The van der Waals surface area contributed by atoms with Crippen LogP contribution in [0.25, 0.3) is 0 Å². The first-order valence-corrected chi connectivity index (χ1v) is 8.36. The van der Waals surface area contributed by atoms with Crippen molar-refractivity contribution in [2.75, 3.05) is 39.6 Å². The third-order valence-corrected chi connectivity index (χ3v) is 4.99. The second-order valence-corrected chi connectivity index (χ2v) is 6.79. The summed E-state index contributed by atoms with van der Waals surface area (Å²) in [7, 11) is 0. The average molecular weight is 305 g/mol. The van der Waals surface area contributed by atoms with E-state index in [9.17, 15) is 5.11 Å². The van der Waals surface area contributed by atoms with Crippen LogP contribution in [-0.4, -0.2) is 44.7 Å². The van der Waals surface area contributed by atoms with Crippen LogP contribution < -0.4 is 5.32 Å². The first-order valence-electron chi connectivity index (χ1n) is 8.36. The highest BCUT2D eigenvalue weighted by molar-refractivity contribution is 5.19. The third-order valence-electron chi connectivity index (χ3n) is 4.99. The predicted octanol–water partition coefficient (Wildman–Crippen LogP) is 2.14. The molecule has 4 nitrogen and oxygen atoms in total. The average Bonchev–Trinajstić information content (AvgIpc) is 2.55. The molecule has 0 saturated carbocycles. The third kappa shape index (κ3) is 3.87. The molecule has 2 saturated heterocycles. The fourth-order valence-electron chi connectivity index (χ4n) is 3.32. The lowest BCUT2D eigenvalue weighted by atomic mass is 9.85. The van der Waals surface area contributed by atoms with Crippen LogP contribution in [0, 0.1) is 11.3 Å². The van der Waals surface area contributed by atoms with Gasteiger partial charge in [-0.1, -0.05) is 30.3 Å². The van der Waals surface area contributed by atoms with Gasteiger partial charge in [0, 0.05) is 25.8 Å². The Morgan fingerprint density at radius 1 is 1.14 bits per heavy atom. The summed E-state index contributed by atoms with van der Waals surface area (Å²) in [5.74, 6) is 0.717. The van der Waals surface area contributed by atoms with Crippen LogP contribution in [0.2, 0.25) is 0 Å². The number of nitrogens with one attached hydrogen (secondary N) is 1. The smallest absolute Gasteiger partial charge is 0.0579 e. The number of hydrogen-bond acceptors (Lipinski definition) is 4. The summed E-state index contributed by atoms with van der Waals surface area (Å²) in [5.41, 5.74) is 1.25. The predicted molar refractivity (Wildman–Crippen MR) is 85.7 cm³/mol. The van der Waals surface area contributed by atoms with Crippen LogP contribution in [0.3, 0.4) is 0 Å². The molecule has 1 aromatic carbocycles. The Labute approximate surface area is 132 Å². The van der Waals surface area contributed by atoms with Crippen molar-refractivity contribution in [2.24, 2.45) is 11.3 Å². The monoisotopic (exact) mass is 305 g/mol. The van der Waals surface area contributed by atoms with Gasteiger partial charge < -0.3 is 19.9 Å². The highest BCUT2D eigenvalue weighted by Gasteiger charge is 2.38. The molecule has 0 aromatic heterocycles. The van der Waals surface area contributed by atoms with Crippen molar-refractivity contribution < 1.29 is 14.6 Å². The molecule has 0 amide bonds. The Morgan fingerprint density at radius 2 is 1.86 bits per heavy atom. The molecular formula is C18H27NO3. The van der Waals surface area contributed by atoms with E-state index in [2.05, 4.69) is 35.6 Å². The van der Waals surface area contributed by atoms with E-state index in [1.165, 1.54) is 5.56 Å². The van der Waals surface area contributed by atoms with Gasteiger partial charge in [0.05, 0.1) is 25.2 Å². The molecule has 1 aromatic rings. The van der Waals surface area contributed by atoms with Gasteiger partial charge in [0.15, 0.2) is 0 Å². The molecule has 0 radical (unpaired) electrons. The topological polar surface area (TPSA) is 50.7 Å². The van der Waals surface area contributed by atoms with Crippen molar-refractivity contribution in [1.29, 1.82) is 0 Å². The van der Waals surface area contributed by atoms with Crippen LogP contribution in [0.1, 0.15) is 30.9 Å². The Hall–Kier alpha value is -0.940. The lowest BCUT2D eigenvalue weighted by Gasteiger charge is -2.41. The van der Waals surface area contributed by atoms with E-state index >= 15 is 0 Å². The van der Waals surface area contributed by atoms with E-state index < -0.39 is 0 Å². The van der Waals surface area contributed by atoms with Crippen LogP contribution in [0.5, 0.6) is 0 Å². The Kier molecular flexibility index (Phi) is 5.47. The van der Waals surface area contributed by atoms with E-state index in [4.69, 9.17) is 9.47 Å². The minimum Gasteiger partial charge on any atom is -0.396 e. The maximum Gasteiger partial charge on any atom is 0.0579 e. The van der Waals surface area contributed by atoms with Crippen molar-refractivity contribution in [1.82, 2.24) is 5.32 Å². The summed E-state index contributed by atoms with van der Waals surface area (Å²) < 4.78 is 10.8. The quantitative estimate of drug-likeness (QED) is 0.810. The van der Waals surface area contributed by atoms with Gasteiger partial charge in [-0.05, 0) is 30.7 Å². The Balaban J connectivity index is 1.63. The van der Waals surface area contributed by atoms with Gasteiger partial charge in [-0.15, -0.1) is 0 Å². The van der Waals surface area contributed by atoms with E-state index in [1.54, 1.807) is 0 Å². The number of aliphatic hydroxyl groups is 1. The summed E-state index contributed by atoms with van der Waals surface area (Å²) in [6, 6.07) is 11.0.